The molecule has 2 N–H and O–H groups in total. The molecule has 0 aromatic heterocycles. The number of methoxy groups -OCH3 is 1. The molecule has 1 aliphatic carbocycles. The van der Waals surface area contributed by atoms with E-state index in [1.807, 2.05) is 18.7 Å². The van der Waals surface area contributed by atoms with Crippen LogP contribution in [-0.4, -0.2) is 63.2 Å². The van der Waals surface area contributed by atoms with Gasteiger partial charge in [-0.05, 0) is 45.4 Å². The molecule has 1 rings (SSSR count). The van der Waals surface area contributed by atoms with Crippen molar-refractivity contribution in [1.29, 1.82) is 0 Å². The van der Waals surface area contributed by atoms with Crippen LogP contribution in [0.3, 0.4) is 0 Å². The first-order valence-corrected chi connectivity index (χ1v) is 9.39. The summed E-state index contributed by atoms with van der Waals surface area (Å²) >= 11 is 0. The van der Waals surface area contributed by atoms with Gasteiger partial charge in [0.15, 0.2) is 5.96 Å². The van der Waals surface area contributed by atoms with Gasteiger partial charge in [-0.25, -0.2) is 0 Å². The lowest BCUT2D eigenvalue weighted by molar-refractivity contribution is -0.130. The lowest BCUT2D eigenvalue weighted by Crippen LogP contribution is -2.42. The van der Waals surface area contributed by atoms with Crippen molar-refractivity contribution in [3.8, 4) is 0 Å². The molecule has 0 aromatic carbocycles. The first-order valence-electron chi connectivity index (χ1n) is 9.39. The Morgan fingerprint density at radius 1 is 1.21 bits per heavy atom. The van der Waals surface area contributed by atoms with Crippen LogP contribution in [0.2, 0.25) is 0 Å². The Hall–Kier alpha value is -1.30. The number of nitrogens with one attached hydrogen (secondary N) is 2. The third-order valence-electron chi connectivity index (χ3n) is 4.91. The van der Waals surface area contributed by atoms with Crippen molar-refractivity contribution in [2.24, 2.45) is 10.4 Å². The van der Waals surface area contributed by atoms with E-state index < -0.39 is 0 Å². The zero-order valence-corrected chi connectivity index (χ0v) is 16.0. The van der Waals surface area contributed by atoms with Crippen LogP contribution in [0, 0.1) is 5.41 Å². The highest BCUT2D eigenvalue weighted by molar-refractivity contribution is 5.81. The Kier molecular flexibility index (Phi) is 9.76. The van der Waals surface area contributed by atoms with E-state index in [2.05, 4.69) is 17.6 Å². The first kappa shape index (κ1) is 20.7. The SMILES string of the molecule is CCNC(=NCC1(CCOC)CCC1)NCCC(=O)N(CC)CC. The third-order valence-corrected chi connectivity index (χ3v) is 4.91. The number of amides is 1. The summed E-state index contributed by atoms with van der Waals surface area (Å²) in [6, 6.07) is 0. The Bertz CT molecular complexity index is 390. The summed E-state index contributed by atoms with van der Waals surface area (Å²) in [5.41, 5.74) is 0.315. The van der Waals surface area contributed by atoms with Gasteiger partial charge < -0.3 is 20.3 Å². The van der Waals surface area contributed by atoms with Gasteiger partial charge in [0, 0.05) is 52.9 Å². The number of guanidine groups is 1. The van der Waals surface area contributed by atoms with E-state index in [0.717, 1.165) is 45.2 Å². The summed E-state index contributed by atoms with van der Waals surface area (Å²) in [4.78, 5) is 18.7. The second kappa shape index (κ2) is 11.3. The Balaban J connectivity index is 2.46. The number of hydrogen-bond donors (Lipinski definition) is 2. The second-order valence-electron chi connectivity index (χ2n) is 6.53. The molecule has 0 saturated heterocycles. The lowest BCUT2D eigenvalue weighted by Gasteiger charge is -2.40. The summed E-state index contributed by atoms with van der Waals surface area (Å²) in [6.07, 6.45) is 5.34. The van der Waals surface area contributed by atoms with Gasteiger partial charge >= 0.3 is 0 Å². The molecule has 0 atom stereocenters. The highest BCUT2D eigenvalue weighted by Gasteiger charge is 2.36. The van der Waals surface area contributed by atoms with Crippen LogP contribution in [0.15, 0.2) is 4.99 Å². The standard InChI is InChI=1S/C18H36N4O2/c1-5-19-17(20-13-9-16(23)22(6-2)7-3)21-15-18(10-8-11-18)12-14-24-4/h5-15H2,1-4H3,(H2,19,20,21). The van der Waals surface area contributed by atoms with Crippen molar-refractivity contribution in [2.45, 2.75) is 52.9 Å². The van der Waals surface area contributed by atoms with Crippen molar-refractivity contribution in [3.05, 3.63) is 0 Å². The van der Waals surface area contributed by atoms with Gasteiger partial charge in [-0.1, -0.05) is 6.42 Å². The Labute approximate surface area is 147 Å². The Morgan fingerprint density at radius 2 is 1.92 bits per heavy atom. The highest BCUT2D eigenvalue weighted by Crippen LogP contribution is 2.44. The lowest BCUT2D eigenvalue weighted by atomic mass is 9.67. The Morgan fingerprint density at radius 3 is 2.42 bits per heavy atom. The minimum Gasteiger partial charge on any atom is -0.385 e. The number of aliphatic imine (C=N–C) groups is 1. The molecule has 0 aromatic rings. The van der Waals surface area contributed by atoms with Crippen molar-refractivity contribution >= 4 is 11.9 Å². The summed E-state index contributed by atoms with van der Waals surface area (Å²) in [5, 5.41) is 6.56. The maximum atomic E-state index is 12.0. The predicted octanol–water partition coefficient (Wildman–Crippen LogP) is 2.01. The van der Waals surface area contributed by atoms with Crippen molar-refractivity contribution in [3.63, 3.8) is 0 Å². The highest BCUT2D eigenvalue weighted by atomic mass is 16.5. The maximum Gasteiger partial charge on any atom is 0.224 e. The molecule has 6 nitrogen and oxygen atoms in total. The summed E-state index contributed by atoms with van der Waals surface area (Å²) in [7, 11) is 1.76. The molecule has 1 amide bonds. The molecule has 1 fully saturated rings. The summed E-state index contributed by atoms with van der Waals surface area (Å²) in [5.74, 6) is 1.01. The number of carbonyl (C=O) groups is 1. The van der Waals surface area contributed by atoms with Crippen LogP contribution in [0.1, 0.15) is 52.9 Å². The molecule has 140 valence electrons. The van der Waals surface area contributed by atoms with Gasteiger partial charge in [0.25, 0.3) is 0 Å². The minimum absolute atomic E-state index is 0.193. The normalized spacial score (nSPS) is 16.4. The van der Waals surface area contributed by atoms with E-state index in [9.17, 15) is 4.79 Å². The van der Waals surface area contributed by atoms with Crippen molar-refractivity contribution < 1.29 is 9.53 Å². The second-order valence-corrected chi connectivity index (χ2v) is 6.53. The molecule has 1 saturated carbocycles. The molecular formula is C18H36N4O2. The number of carbonyl (C=O) groups excluding carboxylic acids is 1. The molecule has 0 spiro atoms. The fourth-order valence-electron chi connectivity index (χ4n) is 3.09. The van der Waals surface area contributed by atoms with Crippen molar-refractivity contribution in [2.75, 3.05) is 46.4 Å². The molecule has 24 heavy (non-hydrogen) atoms. The molecule has 0 radical (unpaired) electrons. The predicted molar refractivity (Wildman–Crippen MR) is 99.3 cm³/mol. The fraction of sp³-hybridized carbons (Fsp3) is 0.889. The minimum atomic E-state index is 0.193. The molecule has 0 aliphatic heterocycles. The summed E-state index contributed by atoms with van der Waals surface area (Å²) in [6.45, 7) is 10.7. The van der Waals surface area contributed by atoms with Crippen molar-refractivity contribution in [1.82, 2.24) is 15.5 Å². The zero-order valence-electron chi connectivity index (χ0n) is 16.0. The van der Waals surface area contributed by atoms with E-state index in [4.69, 9.17) is 9.73 Å². The number of hydrogen-bond acceptors (Lipinski definition) is 3. The number of rotatable bonds is 11. The fourth-order valence-corrected chi connectivity index (χ4v) is 3.09. The maximum absolute atomic E-state index is 12.0. The van der Waals surface area contributed by atoms with Gasteiger partial charge in [0.2, 0.25) is 5.91 Å². The topological polar surface area (TPSA) is 66.0 Å². The van der Waals surface area contributed by atoms with Gasteiger partial charge in [-0.2, -0.15) is 0 Å². The van der Waals surface area contributed by atoms with Crippen LogP contribution in [0.5, 0.6) is 0 Å². The molecule has 1 aliphatic rings. The van der Waals surface area contributed by atoms with Crippen LogP contribution in [-0.2, 0) is 9.53 Å². The van der Waals surface area contributed by atoms with Gasteiger partial charge in [0.1, 0.15) is 0 Å². The van der Waals surface area contributed by atoms with E-state index >= 15 is 0 Å². The molecule has 0 unspecified atom stereocenters. The average Bonchev–Trinajstić information content (AvgIpc) is 2.54. The van der Waals surface area contributed by atoms with E-state index in [1.54, 1.807) is 7.11 Å². The van der Waals surface area contributed by atoms with Crippen LogP contribution in [0.4, 0.5) is 0 Å². The summed E-state index contributed by atoms with van der Waals surface area (Å²) < 4.78 is 5.24. The van der Waals surface area contributed by atoms with E-state index in [0.29, 0.717) is 18.4 Å². The molecule has 0 heterocycles. The molecule has 0 bridgehead atoms. The van der Waals surface area contributed by atoms with Gasteiger partial charge in [0.05, 0.1) is 0 Å². The number of nitrogens with zero attached hydrogens (tertiary/aromatic N) is 2. The van der Waals surface area contributed by atoms with Gasteiger partial charge in [-0.15, -0.1) is 0 Å². The third kappa shape index (κ3) is 6.67. The molecule has 6 heteroatoms. The number of ether oxygens (including phenoxy) is 1. The molecular weight excluding hydrogens is 304 g/mol. The monoisotopic (exact) mass is 340 g/mol. The quantitative estimate of drug-likeness (QED) is 0.446. The first-order chi connectivity index (χ1) is 11.6. The smallest absolute Gasteiger partial charge is 0.224 e. The van der Waals surface area contributed by atoms with E-state index in [1.165, 1.54) is 19.3 Å². The van der Waals surface area contributed by atoms with Crippen LogP contribution < -0.4 is 10.6 Å². The largest absolute Gasteiger partial charge is 0.385 e. The van der Waals surface area contributed by atoms with E-state index in [-0.39, 0.29) is 5.91 Å². The average molecular weight is 341 g/mol. The van der Waals surface area contributed by atoms with Crippen LogP contribution in [0.25, 0.3) is 0 Å². The van der Waals surface area contributed by atoms with Crippen LogP contribution >= 0.6 is 0 Å². The zero-order chi connectivity index (χ0) is 17.8. The van der Waals surface area contributed by atoms with Gasteiger partial charge in [-0.3, -0.25) is 9.79 Å².